The van der Waals surface area contributed by atoms with Crippen molar-refractivity contribution in [2.45, 2.75) is 24.5 Å². The Bertz CT molecular complexity index is 1670. The normalized spacial score (nSPS) is 16.0. The Morgan fingerprint density at radius 3 is 2.87 bits per heavy atom. The number of carbonyl (C=O) groups excluding carboxylic acids is 1. The van der Waals surface area contributed by atoms with Crippen LogP contribution in [0, 0.1) is 0 Å². The molecule has 0 unspecified atom stereocenters. The van der Waals surface area contributed by atoms with E-state index in [0.717, 1.165) is 46.8 Å². The molecule has 3 aromatic heterocycles. The van der Waals surface area contributed by atoms with E-state index < -0.39 is 9.84 Å². The number of sulfone groups is 1. The molecule has 38 heavy (non-hydrogen) atoms. The van der Waals surface area contributed by atoms with Crippen LogP contribution < -0.4 is 15.0 Å². The van der Waals surface area contributed by atoms with Crippen LogP contribution in [-0.4, -0.2) is 55.3 Å². The number of benzene rings is 1. The smallest absolute Gasteiger partial charge is 0.251 e. The van der Waals surface area contributed by atoms with Crippen LogP contribution in [0.15, 0.2) is 59.8 Å². The summed E-state index contributed by atoms with van der Waals surface area (Å²) < 4.78 is 35.8. The largest absolute Gasteiger partial charge is 0.495 e. The Labute approximate surface area is 219 Å². The number of pyridine rings is 3. The number of anilines is 2. The van der Waals surface area contributed by atoms with Crippen LogP contribution in [0.3, 0.4) is 0 Å². The van der Waals surface area contributed by atoms with E-state index in [4.69, 9.17) is 14.5 Å². The van der Waals surface area contributed by atoms with Crippen molar-refractivity contribution in [2.24, 2.45) is 0 Å². The molecule has 5 heterocycles. The van der Waals surface area contributed by atoms with Crippen molar-refractivity contribution < 1.29 is 22.7 Å². The van der Waals surface area contributed by atoms with Crippen molar-refractivity contribution in [3.05, 3.63) is 77.2 Å². The van der Waals surface area contributed by atoms with Crippen molar-refractivity contribution >= 4 is 38.3 Å². The molecule has 11 heteroatoms. The van der Waals surface area contributed by atoms with Gasteiger partial charge in [-0.05, 0) is 48.4 Å². The molecule has 0 saturated carbocycles. The second kappa shape index (κ2) is 9.66. The van der Waals surface area contributed by atoms with Crippen LogP contribution in [0.25, 0.3) is 10.9 Å². The number of hydrogen-bond acceptors (Lipinski definition) is 9. The third-order valence-electron chi connectivity index (χ3n) is 6.75. The molecule has 6 rings (SSSR count). The second-order valence-electron chi connectivity index (χ2n) is 9.17. The van der Waals surface area contributed by atoms with Gasteiger partial charge in [0.25, 0.3) is 5.91 Å². The molecule has 10 nitrogen and oxygen atoms in total. The molecular weight excluding hydrogens is 506 g/mol. The van der Waals surface area contributed by atoms with E-state index in [9.17, 15) is 13.2 Å². The highest BCUT2D eigenvalue weighted by atomic mass is 32.2. The minimum absolute atomic E-state index is 0.103. The third kappa shape index (κ3) is 4.54. The Morgan fingerprint density at radius 2 is 2.00 bits per heavy atom. The highest BCUT2D eigenvalue weighted by Crippen LogP contribution is 2.34. The van der Waals surface area contributed by atoms with E-state index in [0.29, 0.717) is 11.3 Å². The average Bonchev–Trinajstić information content (AvgIpc) is 3.30. The number of ether oxygens (including phenoxy) is 2. The zero-order valence-electron chi connectivity index (χ0n) is 20.7. The lowest BCUT2D eigenvalue weighted by Crippen LogP contribution is -2.24. The predicted octanol–water partition coefficient (Wildman–Crippen LogP) is 2.96. The minimum atomic E-state index is -3.50. The lowest BCUT2D eigenvalue weighted by molar-refractivity contribution is 0.0950. The predicted molar refractivity (Wildman–Crippen MR) is 140 cm³/mol. The van der Waals surface area contributed by atoms with Gasteiger partial charge in [0.05, 0.1) is 54.9 Å². The van der Waals surface area contributed by atoms with E-state index in [1.807, 2.05) is 24.3 Å². The van der Waals surface area contributed by atoms with E-state index >= 15 is 0 Å². The maximum absolute atomic E-state index is 12.9. The number of carbonyl (C=O) groups is 1. The van der Waals surface area contributed by atoms with Gasteiger partial charge in [0.1, 0.15) is 17.4 Å². The van der Waals surface area contributed by atoms with Crippen molar-refractivity contribution in [2.75, 3.05) is 30.9 Å². The maximum Gasteiger partial charge on any atom is 0.251 e. The Morgan fingerprint density at radius 1 is 1.11 bits per heavy atom. The zero-order chi connectivity index (χ0) is 26.3. The van der Waals surface area contributed by atoms with Crippen LogP contribution >= 0.6 is 0 Å². The molecular formula is C27H25N5O5S. The maximum atomic E-state index is 12.9. The number of nitrogens with one attached hydrogen (secondary N) is 1. The summed E-state index contributed by atoms with van der Waals surface area (Å²) in [5.74, 6) is 1.90. The van der Waals surface area contributed by atoms with Gasteiger partial charge in [-0.15, -0.1) is 0 Å². The summed E-state index contributed by atoms with van der Waals surface area (Å²) in [4.78, 5) is 28.9. The standard InChI is InChI=1S/C27H25N5O5S/c1-36-22-10-17-6-7-32(26(17)29-15-22)25-5-4-19-13-28-21(12-23(19)31-25)14-30-27(33)18-2-3-20-16-37-8-9-38(34,35)24(20)11-18/h2-5,10-13,15H,6-9,14,16H2,1H3,(H,30,33). The molecule has 2 aliphatic heterocycles. The first-order chi connectivity index (χ1) is 18.4. The highest BCUT2D eigenvalue weighted by Gasteiger charge is 2.25. The summed E-state index contributed by atoms with van der Waals surface area (Å²) in [6.45, 7) is 1.28. The van der Waals surface area contributed by atoms with E-state index in [1.54, 1.807) is 31.6 Å². The summed E-state index contributed by atoms with van der Waals surface area (Å²) in [5, 5.41) is 3.71. The fourth-order valence-electron chi connectivity index (χ4n) is 4.71. The third-order valence-corrected chi connectivity index (χ3v) is 8.51. The van der Waals surface area contributed by atoms with Gasteiger partial charge >= 0.3 is 0 Å². The molecule has 4 aromatic rings. The Hall–Kier alpha value is -4.09. The fourth-order valence-corrected chi connectivity index (χ4v) is 6.10. The van der Waals surface area contributed by atoms with Gasteiger partial charge in [0.15, 0.2) is 9.84 Å². The first-order valence-corrected chi connectivity index (χ1v) is 13.8. The van der Waals surface area contributed by atoms with Crippen LogP contribution in [0.1, 0.15) is 27.2 Å². The fraction of sp³-hybridized carbons (Fsp3) is 0.259. The molecule has 0 bridgehead atoms. The first kappa shape index (κ1) is 24.3. The molecule has 0 atom stereocenters. The lowest BCUT2D eigenvalue weighted by Gasteiger charge is -2.18. The van der Waals surface area contributed by atoms with Gasteiger partial charge in [0, 0.05) is 29.3 Å². The summed E-state index contributed by atoms with van der Waals surface area (Å²) in [5.41, 5.74) is 3.33. The number of methoxy groups -OCH3 is 1. The SMILES string of the molecule is COc1cnc2c(c1)CCN2c1ccc2cnc(CNC(=O)c3ccc4c(c3)S(=O)(=O)CCOC4)cc2n1. The Balaban J connectivity index is 1.20. The van der Waals surface area contributed by atoms with Gasteiger partial charge in [0.2, 0.25) is 0 Å². The zero-order valence-corrected chi connectivity index (χ0v) is 21.5. The molecule has 0 saturated heterocycles. The summed E-state index contributed by atoms with van der Waals surface area (Å²) in [7, 11) is -1.87. The van der Waals surface area contributed by atoms with Crippen molar-refractivity contribution in [1.29, 1.82) is 0 Å². The Kier molecular flexibility index (Phi) is 6.16. The number of aromatic nitrogens is 3. The lowest BCUT2D eigenvalue weighted by atomic mass is 10.1. The van der Waals surface area contributed by atoms with Crippen LogP contribution in [0.4, 0.5) is 11.6 Å². The van der Waals surface area contributed by atoms with E-state index in [-0.39, 0.29) is 41.9 Å². The van der Waals surface area contributed by atoms with Gasteiger partial charge in [-0.2, -0.15) is 0 Å². The molecule has 1 amide bonds. The van der Waals surface area contributed by atoms with Crippen molar-refractivity contribution in [3.63, 3.8) is 0 Å². The quantitative estimate of drug-likeness (QED) is 0.414. The first-order valence-electron chi connectivity index (χ1n) is 12.2. The number of amides is 1. The molecule has 2 aliphatic rings. The second-order valence-corrected chi connectivity index (χ2v) is 11.3. The number of fused-ring (bicyclic) bond motifs is 3. The number of rotatable bonds is 5. The molecule has 0 aliphatic carbocycles. The minimum Gasteiger partial charge on any atom is -0.495 e. The van der Waals surface area contributed by atoms with E-state index in [2.05, 4.69) is 20.2 Å². The van der Waals surface area contributed by atoms with Gasteiger partial charge < -0.3 is 19.7 Å². The van der Waals surface area contributed by atoms with Crippen molar-refractivity contribution in [1.82, 2.24) is 20.3 Å². The van der Waals surface area contributed by atoms with E-state index in [1.165, 1.54) is 6.07 Å². The average molecular weight is 532 g/mol. The summed E-state index contributed by atoms with van der Waals surface area (Å²) in [6, 6.07) is 12.4. The van der Waals surface area contributed by atoms with Gasteiger partial charge in [-0.1, -0.05) is 6.07 Å². The number of hydrogen-bond donors (Lipinski definition) is 1. The summed E-state index contributed by atoms with van der Waals surface area (Å²) in [6.07, 6.45) is 4.28. The molecule has 0 fully saturated rings. The highest BCUT2D eigenvalue weighted by molar-refractivity contribution is 7.91. The van der Waals surface area contributed by atoms with Gasteiger partial charge in [-0.3, -0.25) is 9.78 Å². The van der Waals surface area contributed by atoms with Crippen LogP contribution in [-0.2, 0) is 34.1 Å². The monoisotopic (exact) mass is 531 g/mol. The molecule has 194 valence electrons. The molecule has 1 aromatic carbocycles. The van der Waals surface area contributed by atoms with Gasteiger partial charge in [-0.25, -0.2) is 18.4 Å². The van der Waals surface area contributed by atoms with Crippen LogP contribution in [0.5, 0.6) is 5.75 Å². The van der Waals surface area contributed by atoms with Crippen molar-refractivity contribution in [3.8, 4) is 5.75 Å². The molecule has 0 spiro atoms. The topological polar surface area (TPSA) is 124 Å². The van der Waals surface area contributed by atoms with Crippen LogP contribution in [0.2, 0.25) is 0 Å². The number of nitrogens with zero attached hydrogens (tertiary/aromatic N) is 4. The molecule has 0 radical (unpaired) electrons. The summed E-state index contributed by atoms with van der Waals surface area (Å²) >= 11 is 0. The molecule has 1 N–H and O–H groups in total.